The Labute approximate surface area is 174 Å². The number of hydrogen-bond acceptors (Lipinski definition) is 5. The van der Waals surface area contributed by atoms with Gasteiger partial charge in [-0.15, -0.1) is 0 Å². The van der Waals surface area contributed by atoms with Crippen LogP contribution in [0.1, 0.15) is 47.3 Å². The van der Waals surface area contributed by atoms with Gasteiger partial charge in [0.15, 0.2) is 11.4 Å². The summed E-state index contributed by atoms with van der Waals surface area (Å²) in [6, 6.07) is 13.4. The van der Waals surface area contributed by atoms with Crippen LogP contribution in [0.15, 0.2) is 65.8 Å². The minimum atomic E-state index is -0.763. The molecule has 0 radical (unpaired) electrons. The molecule has 0 spiro atoms. The van der Waals surface area contributed by atoms with Crippen LogP contribution < -0.4 is 10.7 Å². The summed E-state index contributed by atoms with van der Waals surface area (Å²) in [6.45, 7) is 0.751. The molecule has 0 saturated heterocycles. The van der Waals surface area contributed by atoms with Gasteiger partial charge in [-0.05, 0) is 36.1 Å². The molecule has 30 heavy (non-hydrogen) atoms. The predicted molar refractivity (Wildman–Crippen MR) is 112 cm³/mol. The topological polar surface area (TPSA) is 97.1 Å². The number of nitrogens with one attached hydrogen (secondary N) is 1. The molecule has 7 heteroatoms. The summed E-state index contributed by atoms with van der Waals surface area (Å²) >= 11 is 0. The first kappa shape index (κ1) is 19.8. The van der Waals surface area contributed by atoms with Gasteiger partial charge in [0.25, 0.3) is 11.3 Å². The minimum Gasteiger partial charge on any atom is -0.503 e. The first-order valence-electron chi connectivity index (χ1n) is 10.1. The lowest BCUT2D eigenvalue weighted by atomic mass is 9.79. The number of benzene rings is 1. The van der Waals surface area contributed by atoms with E-state index in [0.29, 0.717) is 6.54 Å². The molecule has 3 aromatic rings. The summed E-state index contributed by atoms with van der Waals surface area (Å²) in [7, 11) is 0. The van der Waals surface area contributed by atoms with E-state index in [-0.39, 0.29) is 17.7 Å². The van der Waals surface area contributed by atoms with Gasteiger partial charge >= 0.3 is 0 Å². The van der Waals surface area contributed by atoms with Gasteiger partial charge < -0.3 is 10.4 Å². The molecule has 0 aliphatic heterocycles. The summed E-state index contributed by atoms with van der Waals surface area (Å²) in [5, 5.41) is 17.2. The zero-order chi connectivity index (χ0) is 21.0. The van der Waals surface area contributed by atoms with E-state index in [1.807, 2.05) is 42.5 Å². The minimum absolute atomic E-state index is 0.158. The van der Waals surface area contributed by atoms with Crippen LogP contribution >= 0.6 is 0 Å². The average molecular weight is 404 g/mol. The van der Waals surface area contributed by atoms with Crippen LogP contribution in [0.2, 0.25) is 0 Å². The van der Waals surface area contributed by atoms with Gasteiger partial charge in [0, 0.05) is 24.4 Å². The fraction of sp³-hybridized carbons (Fsp3) is 0.304. The molecule has 1 fully saturated rings. The molecule has 7 nitrogen and oxygen atoms in total. The van der Waals surface area contributed by atoms with Crippen LogP contribution in [0.3, 0.4) is 0 Å². The molecule has 2 aromatic heterocycles. The molecular weight excluding hydrogens is 380 g/mol. The number of amides is 1. The molecule has 2 heterocycles. The van der Waals surface area contributed by atoms with Crippen molar-refractivity contribution < 1.29 is 9.90 Å². The Morgan fingerprint density at radius 1 is 1.10 bits per heavy atom. The molecule has 2 N–H and O–H groups in total. The Kier molecular flexibility index (Phi) is 5.61. The zero-order valence-corrected chi connectivity index (χ0v) is 16.6. The quantitative estimate of drug-likeness (QED) is 0.658. The SMILES string of the molecule is O=C(NCc1ccccc1)c1nn(CC2(c3ccncc3)CCCC2)cc(O)c1=O. The van der Waals surface area contributed by atoms with Crippen molar-refractivity contribution in [3.8, 4) is 5.75 Å². The van der Waals surface area contributed by atoms with Crippen molar-refractivity contribution in [2.24, 2.45) is 0 Å². The molecular formula is C23H24N4O3. The van der Waals surface area contributed by atoms with Crippen LogP contribution in [-0.4, -0.2) is 25.8 Å². The van der Waals surface area contributed by atoms with Crippen molar-refractivity contribution >= 4 is 5.91 Å². The van der Waals surface area contributed by atoms with Gasteiger partial charge in [-0.3, -0.25) is 19.3 Å². The molecule has 0 atom stereocenters. The van der Waals surface area contributed by atoms with E-state index in [2.05, 4.69) is 15.4 Å². The van der Waals surface area contributed by atoms with Crippen molar-refractivity contribution in [2.75, 3.05) is 0 Å². The lowest BCUT2D eigenvalue weighted by molar-refractivity contribution is 0.0940. The number of aromatic nitrogens is 3. The number of hydrogen-bond donors (Lipinski definition) is 2. The number of carbonyl (C=O) groups is 1. The highest BCUT2D eigenvalue weighted by Gasteiger charge is 2.36. The molecule has 1 aromatic carbocycles. The highest BCUT2D eigenvalue weighted by Crippen LogP contribution is 2.42. The van der Waals surface area contributed by atoms with Gasteiger partial charge in [-0.2, -0.15) is 5.10 Å². The molecule has 1 saturated carbocycles. The van der Waals surface area contributed by atoms with E-state index in [0.717, 1.165) is 36.8 Å². The Bertz CT molecular complexity index is 1070. The molecule has 1 aliphatic carbocycles. The van der Waals surface area contributed by atoms with E-state index in [1.165, 1.54) is 10.9 Å². The third-order valence-corrected chi connectivity index (χ3v) is 5.78. The number of aromatic hydroxyl groups is 1. The number of carbonyl (C=O) groups excluding carboxylic acids is 1. The van der Waals surface area contributed by atoms with Gasteiger partial charge in [-0.25, -0.2) is 0 Å². The maximum atomic E-state index is 12.6. The van der Waals surface area contributed by atoms with Crippen molar-refractivity contribution in [1.82, 2.24) is 20.1 Å². The second-order valence-electron chi connectivity index (χ2n) is 7.78. The number of pyridine rings is 1. The van der Waals surface area contributed by atoms with Gasteiger partial charge in [0.2, 0.25) is 0 Å². The monoisotopic (exact) mass is 404 g/mol. The zero-order valence-electron chi connectivity index (χ0n) is 16.6. The Balaban J connectivity index is 1.59. The normalized spacial score (nSPS) is 15.1. The average Bonchev–Trinajstić information content (AvgIpc) is 3.25. The van der Waals surface area contributed by atoms with E-state index in [9.17, 15) is 14.7 Å². The number of rotatable bonds is 6. The lowest BCUT2D eigenvalue weighted by Crippen LogP contribution is -2.34. The van der Waals surface area contributed by atoms with Crippen LogP contribution in [0.4, 0.5) is 0 Å². The van der Waals surface area contributed by atoms with Crippen LogP contribution in [0, 0.1) is 0 Å². The van der Waals surface area contributed by atoms with Crippen molar-refractivity contribution in [1.29, 1.82) is 0 Å². The maximum Gasteiger partial charge on any atom is 0.276 e. The van der Waals surface area contributed by atoms with E-state index < -0.39 is 17.1 Å². The fourth-order valence-electron chi connectivity index (χ4n) is 4.22. The lowest BCUT2D eigenvalue weighted by Gasteiger charge is -2.30. The smallest absolute Gasteiger partial charge is 0.276 e. The third kappa shape index (κ3) is 4.10. The van der Waals surface area contributed by atoms with Gasteiger partial charge in [0.05, 0.1) is 12.7 Å². The van der Waals surface area contributed by atoms with Gasteiger partial charge in [0.1, 0.15) is 0 Å². The molecule has 154 valence electrons. The predicted octanol–water partition coefficient (Wildman–Crippen LogP) is 2.79. The summed E-state index contributed by atoms with van der Waals surface area (Å²) in [5.41, 5.74) is 0.851. The maximum absolute atomic E-state index is 12.6. The van der Waals surface area contributed by atoms with E-state index in [1.54, 1.807) is 12.4 Å². The van der Waals surface area contributed by atoms with Crippen molar-refractivity contribution in [3.63, 3.8) is 0 Å². The van der Waals surface area contributed by atoms with Gasteiger partial charge in [-0.1, -0.05) is 43.2 Å². The van der Waals surface area contributed by atoms with Crippen LogP contribution in [0.25, 0.3) is 0 Å². The first-order valence-corrected chi connectivity index (χ1v) is 10.1. The van der Waals surface area contributed by atoms with Crippen molar-refractivity contribution in [3.05, 3.63) is 88.1 Å². The molecule has 1 amide bonds. The fourth-order valence-corrected chi connectivity index (χ4v) is 4.22. The summed E-state index contributed by atoms with van der Waals surface area (Å²) in [6.07, 6.45) is 9.00. The third-order valence-electron chi connectivity index (χ3n) is 5.78. The second kappa shape index (κ2) is 8.49. The summed E-state index contributed by atoms with van der Waals surface area (Å²) < 4.78 is 1.53. The number of nitrogens with zero attached hydrogens (tertiary/aromatic N) is 3. The highest BCUT2D eigenvalue weighted by molar-refractivity contribution is 5.92. The Morgan fingerprint density at radius 3 is 2.50 bits per heavy atom. The standard InChI is InChI=1S/C23H24N4O3/c28-19-15-27(16-23(10-4-5-11-23)18-8-12-24-13-9-18)26-20(21(19)29)22(30)25-14-17-6-2-1-3-7-17/h1-3,6-9,12-13,15,28H,4-5,10-11,14,16H2,(H,25,30). The largest absolute Gasteiger partial charge is 0.503 e. The molecule has 1 aliphatic rings. The highest BCUT2D eigenvalue weighted by atomic mass is 16.3. The Hall–Kier alpha value is -3.48. The summed E-state index contributed by atoms with van der Waals surface area (Å²) in [4.78, 5) is 29.1. The molecule has 0 unspecified atom stereocenters. The van der Waals surface area contributed by atoms with Crippen LogP contribution in [0.5, 0.6) is 5.75 Å². The van der Waals surface area contributed by atoms with E-state index >= 15 is 0 Å². The second-order valence-corrected chi connectivity index (χ2v) is 7.78. The first-order chi connectivity index (χ1) is 14.6. The Morgan fingerprint density at radius 2 is 1.80 bits per heavy atom. The van der Waals surface area contributed by atoms with Crippen LogP contribution in [-0.2, 0) is 18.5 Å². The summed E-state index contributed by atoms with van der Waals surface area (Å²) in [5.74, 6) is -1.07. The van der Waals surface area contributed by atoms with Crippen molar-refractivity contribution in [2.45, 2.75) is 44.2 Å². The van der Waals surface area contributed by atoms with E-state index in [4.69, 9.17) is 0 Å². The molecule has 4 rings (SSSR count). The molecule has 0 bridgehead atoms.